The molecule has 10 nitrogen and oxygen atoms in total. The maximum atomic E-state index is 11.3. The summed E-state index contributed by atoms with van der Waals surface area (Å²) in [5, 5.41) is 17.0. The normalized spacial score (nSPS) is 10.4. The molecule has 0 fully saturated rings. The van der Waals surface area contributed by atoms with Crippen LogP contribution in [0.3, 0.4) is 0 Å². The van der Waals surface area contributed by atoms with Crippen molar-refractivity contribution in [2.75, 3.05) is 0 Å². The van der Waals surface area contributed by atoms with Crippen molar-refractivity contribution in [3.8, 4) is 0 Å². The highest BCUT2D eigenvalue weighted by Gasteiger charge is 2.19. The SMILES string of the molecule is CC(C)Cc1ccc(C(=O)OOP(=O)(O)O)cc1.Cc1ccc(C(=O)O)cc1.Cc1ccc(C(=O)O)cc1. The van der Waals surface area contributed by atoms with E-state index in [1.165, 1.54) is 12.1 Å². The fraction of sp³-hybridized carbons (Fsp3) is 0.222. The van der Waals surface area contributed by atoms with Crippen molar-refractivity contribution < 1.29 is 48.5 Å². The van der Waals surface area contributed by atoms with E-state index in [1.54, 1.807) is 60.7 Å². The highest BCUT2D eigenvalue weighted by atomic mass is 31.2. The van der Waals surface area contributed by atoms with Gasteiger partial charge >= 0.3 is 25.7 Å². The molecule has 38 heavy (non-hydrogen) atoms. The number of carbonyl (C=O) groups is 3. The molecule has 0 aliphatic carbocycles. The number of carboxylic acid groups (broad SMARTS) is 2. The zero-order chi connectivity index (χ0) is 28.9. The molecule has 0 bridgehead atoms. The van der Waals surface area contributed by atoms with Gasteiger partial charge in [0.05, 0.1) is 16.7 Å². The van der Waals surface area contributed by atoms with Gasteiger partial charge in [0, 0.05) is 0 Å². The van der Waals surface area contributed by atoms with Gasteiger partial charge in [0.15, 0.2) is 0 Å². The Morgan fingerprint density at radius 1 is 0.711 bits per heavy atom. The molecule has 204 valence electrons. The zero-order valence-electron chi connectivity index (χ0n) is 21.4. The highest BCUT2D eigenvalue weighted by molar-refractivity contribution is 7.46. The minimum absolute atomic E-state index is 0.163. The average Bonchev–Trinajstić information content (AvgIpc) is 2.83. The van der Waals surface area contributed by atoms with Crippen molar-refractivity contribution in [1.82, 2.24) is 0 Å². The third kappa shape index (κ3) is 13.5. The van der Waals surface area contributed by atoms with Crippen LogP contribution in [0.5, 0.6) is 0 Å². The number of carboxylic acids is 2. The van der Waals surface area contributed by atoms with Gasteiger partial charge in [0.25, 0.3) is 0 Å². The van der Waals surface area contributed by atoms with Gasteiger partial charge in [-0.1, -0.05) is 66.0 Å². The van der Waals surface area contributed by atoms with E-state index < -0.39 is 25.7 Å². The molecule has 3 rings (SSSR count). The van der Waals surface area contributed by atoms with Crippen LogP contribution < -0.4 is 0 Å². The molecule has 0 aliphatic rings. The van der Waals surface area contributed by atoms with Crippen molar-refractivity contribution in [2.24, 2.45) is 5.92 Å². The fourth-order valence-corrected chi connectivity index (χ4v) is 2.94. The van der Waals surface area contributed by atoms with Gasteiger partial charge in [-0.05, 0) is 68.1 Å². The molecule has 0 aromatic heterocycles. The molecular formula is C27H31O10P. The number of rotatable bonds is 7. The molecule has 0 saturated carbocycles. The van der Waals surface area contributed by atoms with E-state index >= 15 is 0 Å². The average molecular weight is 547 g/mol. The number of carbonyl (C=O) groups excluding carboxylic acids is 1. The molecule has 3 aromatic rings. The minimum Gasteiger partial charge on any atom is -0.478 e. The molecule has 0 heterocycles. The van der Waals surface area contributed by atoms with E-state index in [0.717, 1.165) is 23.1 Å². The van der Waals surface area contributed by atoms with E-state index in [0.29, 0.717) is 17.0 Å². The molecule has 4 N–H and O–H groups in total. The summed E-state index contributed by atoms with van der Waals surface area (Å²) in [5.41, 5.74) is 4.06. The smallest absolute Gasteiger partial charge is 0.478 e. The maximum absolute atomic E-state index is 11.3. The van der Waals surface area contributed by atoms with E-state index in [4.69, 9.17) is 20.0 Å². The predicted molar refractivity (Wildman–Crippen MR) is 140 cm³/mol. The van der Waals surface area contributed by atoms with Crippen LogP contribution in [0.25, 0.3) is 0 Å². The molecule has 0 spiro atoms. The van der Waals surface area contributed by atoms with E-state index in [9.17, 15) is 18.9 Å². The topological polar surface area (TPSA) is 168 Å². The predicted octanol–water partition coefficient (Wildman–Crippen LogP) is 5.45. The standard InChI is InChI=1S/C11H15O6P.2C8H8O2/c1-8(2)7-9-3-5-10(6-4-9)11(12)16-17-18(13,14)15;2*1-6-2-4-7(5-3-6)8(9)10/h3-6,8H,7H2,1-2H3,(H2,13,14,15);2*2-5H,1H3,(H,9,10). The van der Waals surface area contributed by atoms with Gasteiger partial charge in [-0.3, -0.25) is 4.89 Å². The molecule has 3 aromatic carbocycles. The minimum atomic E-state index is -4.81. The molecule has 0 amide bonds. The Hall–Kier alpha value is -3.82. The van der Waals surface area contributed by atoms with Gasteiger partial charge in [0.1, 0.15) is 0 Å². The summed E-state index contributed by atoms with van der Waals surface area (Å²) in [6, 6.07) is 20.1. The first kappa shape index (κ1) is 32.2. The summed E-state index contributed by atoms with van der Waals surface area (Å²) in [4.78, 5) is 52.7. The van der Waals surface area contributed by atoms with Crippen LogP contribution >= 0.6 is 7.82 Å². The van der Waals surface area contributed by atoms with Gasteiger partial charge in [-0.25, -0.2) is 18.9 Å². The van der Waals surface area contributed by atoms with Crippen molar-refractivity contribution in [3.05, 3.63) is 106 Å². The Labute approximate surface area is 220 Å². The first-order valence-corrected chi connectivity index (χ1v) is 12.9. The Kier molecular flexibility index (Phi) is 13.1. The summed E-state index contributed by atoms with van der Waals surface area (Å²) in [5.74, 6) is -2.20. The lowest BCUT2D eigenvalue weighted by Gasteiger charge is -2.06. The molecule has 0 atom stereocenters. The Morgan fingerprint density at radius 3 is 1.39 bits per heavy atom. The van der Waals surface area contributed by atoms with Crippen molar-refractivity contribution in [2.45, 2.75) is 34.1 Å². The molecule has 0 radical (unpaired) electrons. The number of aryl methyl sites for hydroxylation is 2. The number of phosphoric acid groups is 1. The highest BCUT2D eigenvalue weighted by Crippen LogP contribution is 2.36. The largest absolute Gasteiger partial charge is 0.505 e. The first-order chi connectivity index (χ1) is 17.7. The second-order valence-corrected chi connectivity index (χ2v) is 9.70. The summed E-state index contributed by atoms with van der Waals surface area (Å²) in [6.45, 7) is 8.00. The van der Waals surface area contributed by atoms with Gasteiger partial charge in [-0.2, -0.15) is 0 Å². The second-order valence-electron chi connectivity index (χ2n) is 8.57. The van der Waals surface area contributed by atoms with Crippen LogP contribution in [-0.2, 0) is 20.5 Å². The molecular weight excluding hydrogens is 515 g/mol. The van der Waals surface area contributed by atoms with E-state index in [2.05, 4.69) is 23.4 Å². The summed E-state index contributed by atoms with van der Waals surface area (Å²) in [6.07, 6.45) is 0.883. The lowest BCUT2D eigenvalue weighted by atomic mass is 10.0. The Bertz CT molecular complexity index is 1170. The Balaban J connectivity index is 0.000000307. The zero-order valence-corrected chi connectivity index (χ0v) is 22.3. The molecule has 0 unspecified atom stereocenters. The lowest BCUT2D eigenvalue weighted by Crippen LogP contribution is -2.05. The second kappa shape index (κ2) is 15.4. The molecule has 0 aliphatic heterocycles. The summed E-state index contributed by atoms with van der Waals surface area (Å²) >= 11 is 0. The number of hydrogen-bond donors (Lipinski definition) is 4. The molecule has 0 saturated heterocycles. The van der Waals surface area contributed by atoms with E-state index in [1.807, 2.05) is 13.8 Å². The third-order valence-electron chi connectivity index (χ3n) is 4.64. The Morgan fingerprint density at radius 2 is 1.08 bits per heavy atom. The number of hydrogen-bond acceptors (Lipinski definition) is 6. The quantitative estimate of drug-likeness (QED) is 0.170. The summed E-state index contributed by atoms with van der Waals surface area (Å²) in [7, 11) is -4.81. The summed E-state index contributed by atoms with van der Waals surface area (Å²) < 4.78 is 14.0. The number of benzene rings is 3. The first-order valence-electron chi connectivity index (χ1n) is 11.3. The van der Waals surface area contributed by atoms with Crippen molar-refractivity contribution in [3.63, 3.8) is 0 Å². The van der Waals surface area contributed by atoms with Crippen molar-refractivity contribution in [1.29, 1.82) is 0 Å². The maximum Gasteiger partial charge on any atom is 0.505 e. The monoisotopic (exact) mass is 546 g/mol. The van der Waals surface area contributed by atoms with Crippen LogP contribution in [0.1, 0.15) is 61.6 Å². The number of aromatic carboxylic acids is 2. The van der Waals surface area contributed by atoms with Crippen LogP contribution in [-0.4, -0.2) is 37.9 Å². The molecule has 11 heteroatoms. The van der Waals surface area contributed by atoms with Crippen LogP contribution in [0.2, 0.25) is 0 Å². The van der Waals surface area contributed by atoms with Crippen LogP contribution in [0, 0.1) is 19.8 Å². The van der Waals surface area contributed by atoms with E-state index in [-0.39, 0.29) is 5.56 Å². The fourth-order valence-electron chi connectivity index (χ4n) is 2.77. The van der Waals surface area contributed by atoms with Gasteiger partial charge in [0.2, 0.25) is 0 Å². The van der Waals surface area contributed by atoms with Gasteiger partial charge in [-0.15, -0.1) is 0 Å². The van der Waals surface area contributed by atoms with Crippen molar-refractivity contribution >= 4 is 25.7 Å². The van der Waals surface area contributed by atoms with Crippen LogP contribution in [0.4, 0.5) is 0 Å². The van der Waals surface area contributed by atoms with Gasteiger partial charge < -0.3 is 20.0 Å². The third-order valence-corrected chi connectivity index (χ3v) is 4.91. The lowest BCUT2D eigenvalue weighted by molar-refractivity contribution is -0.166. The van der Waals surface area contributed by atoms with Crippen LogP contribution in [0.15, 0.2) is 72.8 Å².